The molecule has 104 valence electrons. The zero-order chi connectivity index (χ0) is 14.1. The number of nitrogens with zero attached hydrogens (tertiary/aromatic N) is 1. The number of carbonyl (C=O) groups is 2. The minimum Gasteiger partial charge on any atom is -0.481 e. The highest BCUT2D eigenvalue weighted by atomic mass is 16.4. The standard InChI is InChI=1S/C13H24N2O3/c1-12(2)9(13(12,3)4)8-14-11(18)15(5)7-6-10(16)17/h9H,6-8H2,1-5H3,(H,14,18)(H,16,17). The van der Waals surface area contributed by atoms with Crippen molar-refractivity contribution in [1.29, 1.82) is 0 Å². The fourth-order valence-corrected chi connectivity index (χ4v) is 2.53. The van der Waals surface area contributed by atoms with Crippen LogP contribution in [0.3, 0.4) is 0 Å². The van der Waals surface area contributed by atoms with Gasteiger partial charge in [-0.3, -0.25) is 4.79 Å². The van der Waals surface area contributed by atoms with E-state index in [1.54, 1.807) is 7.05 Å². The van der Waals surface area contributed by atoms with E-state index in [0.717, 1.165) is 0 Å². The Bertz CT molecular complexity index is 336. The number of carbonyl (C=O) groups excluding carboxylic acids is 1. The molecule has 0 atom stereocenters. The third-order valence-electron chi connectivity index (χ3n) is 4.78. The first-order valence-electron chi connectivity index (χ1n) is 6.31. The van der Waals surface area contributed by atoms with Gasteiger partial charge >= 0.3 is 12.0 Å². The molecule has 0 bridgehead atoms. The fraction of sp³-hybridized carbons (Fsp3) is 0.846. The number of hydrogen-bond acceptors (Lipinski definition) is 2. The number of carboxylic acids is 1. The number of aliphatic carboxylic acids is 1. The second-order valence-corrected chi connectivity index (χ2v) is 6.25. The summed E-state index contributed by atoms with van der Waals surface area (Å²) in [5.74, 6) is -0.416. The summed E-state index contributed by atoms with van der Waals surface area (Å²) >= 11 is 0. The minimum atomic E-state index is -0.890. The Morgan fingerprint density at radius 2 is 1.72 bits per heavy atom. The summed E-state index contributed by atoms with van der Waals surface area (Å²) in [6.07, 6.45) is -0.0235. The molecule has 1 saturated carbocycles. The highest BCUT2D eigenvalue weighted by Gasteiger charge is 2.64. The van der Waals surface area contributed by atoms with E-state index in [-0.39, 0.29) is 29.8 Å². The Hall–Kier alpha value is -1.26. The Balaban J connectivity index is 2.32. The number of nitrogens with one attached hydrogen (secondary N) is 1. The molecule has 5 heteroatoms. The highest BCUT2D eigenvalue weighted by Crippen LogP contribution is 2.67. The highest BCUT2D eigenvalue weighted by molar-refractivity contribution is 5.75. The normalized spacial score (nSPS) is 20.3. The molecular weight excluding hydrogens is 232 g/mol. The van der Waals surface area contributed by atoms with Crippen molar-refractivity contribution in [2.75, 3.05) is 20.1 Å². The van der Waals surface area contributed by atoms with Crippen LogP contribution < -0.4 is 5.32 Å². The van der Waals surface area contributed by atoms with Gasteiger partial charge in [0.25, 0.3) is 0 Å². The maximum Gasteiger partial charge on any atom is 0.317 e. The molecule has 0 aromatic carbocycles. The van der Waals surface area contributed by atoms with Gasteiger partial charge in [-0.25, -0.2) is 4.79 Å². The molecule has 0 aromatic rings. The van der Waals surface area contributed by atoms with Crippen LogP contribution in [0.5, 0.6) is 0 Å². The maximum atomic E-state index is 11.7. The van der Waals surface area contributed by atoms with Crippen molar-refractivity contribution in [3.05, 3.63) is 0 Å². The summed E-state index contributed by atoms with van der Waals surface area (Å²) in [4.78, 5) is 23.6. The minimum absolute atomic E-state index is 0.0235. The smallest absolute Gasteiger partial charge is 0.317 e. The average molecular weight is 256 g/mol. The van der Waals surface area contributed by atoms with Crippen LogP contribution in [0.2, 0.25) is 0 Å². The van der Waals surface area contributed by atoms with Crippen LogP contribution in [-0.4, -0.2) is 42.1 Å². The van der Waals surface area contributed by atoms with Crippen molar-refractivity contribution in [3.8, 4) is 0 Å². The SMILES string of the molecule is CN(CCC(=O)O)C(=O)NCC1C(C)(C)C1(C)C. The first-order valence-corrected chi connectivity index (χ1v) is 6.31. The van der Waals surface area contributed by atoms with Crippen molar-refractivity contribution >= 4 is 12.0 Å². The van der Waals surface area contributed by atoms with Gasteiger partial charge in [0.15, 0.2) is 0 Å². The summed E-state index contributed by atoms with van der Waals surface area (Å²) in [6, 6.07) is -0.199. The fourth-order valence-electron chi connectivity index (χ4n) is 2.53. The largest absolute Gasteiger partial charge is 0.481 e. The molecule has 0 aliphatic heterocycles. The molecule has 0 saturated heterocycles. The molecule has 2 amide bonds. The molecule has 1 rings (SSSR count). The van der Waals surface area contributed by atoms with Crippen LogP contribution in [0.15, 0.2) is 0 Å². The summed E-state index contributed by atoms with van der Waals surface area (Å²) < 4.78 is 0. The van der Waals surface area contributed by atoms with E-state index in [1.165, 1.54) is 4.90 Å². The van der Waals surface area contributed by atoms with Crippen LogP contribution in [-0.2, 0) is 4.79 Å². The molecule has 0 aromatic heterocycles. The third-order valence-corrected chi connectivity index (χ3v) is 4.78. The Morgan fingerprint density at radius 1 is 1.22 bits per heavy atom. The van der Waals surface area contributed by atoms with Crippen LogP contribution in [0.4, 0.5) is 4.79 Å². The van der Waals surface area contributed by atoms with Gasteiger partial charge < -0.3 is 15.3 Å². The van der Waals surface area contributed by atoms with Gasteiger partial charge in [-0.1, -0.05) is 27.7 Å². The van der Waals surface area contributed by atoms with Crippen LogP contribution in [0, 0.1) is 16.7 Å². The molecule has 5 nitrogen and oxygen atoms in total. The third kappa shape index (κ3) is 2.76. The van der Waals surface area contributed by atoms with Crippen LogP contribution in [0.25, 0.3) is 0 Å². The molecule has 0 heterocycles. The number of hydrogen-bond donors (Lipinski definition) is 2. The lowest BCUT2D eigenvalue weighted by molar-refractivity contribution is -0.137. The van der Waals surface area contributed by atoms with Gasteiger partial charge in [-0.15, -0.1) is 0 Å². The summed E-state index contributed by atoms with van der Waals surface area (Å²) in [5.41, 5.74) is 0.500. The van der Waals surface area contributed by atoms with Gasteiger partial charge in [0, 0.05) is 20.1 Å². The zero-order valence-corrected chi connectivity index (χ0v) is 11.9. The maximum absolute atomic E-state index is 11.7. The summed E-state index contributed by atoms with van der Waals surface area (Å²) in [6.45, 7) is 9.71. The number of rotatable bonds is 5. The summed E-state index contributed by atoms with van der Waals surface area (Å²) in [5, 5.41) is 11.4. The molecule has 0 radical (unpaired) electrons. The topological polar surface area (TPSA) is 69.6 Å². The summed E-state index contributed by atoms with van der Waals surface area (Å²) in [7, 11) is 1.61. The monoisotopic (exact) mass is 256 g/mol. The Labute approximate surface area is 109 Å². The van der Waals surface area contributed by atoms with E-state index in [2.05, 4.69) is 33.0 Å². The van der Waals surface area contributed by atoms with Crippen LogP contribution in [0.1, 0.15) is 34.1 Å². The van der Waals surface area contributed by atoms with Gasteiger partial charge in [0.2, 0.25) is 0 Å². The molecule has 1 aliphatic rings. The molecular formula is C13H24N2O3. The predicted octanol–water partition coefficient (Wildman–Crippen LogP) is 1.78. The second-order valence-electron chi connectivity index (χ2n) is 6.25. The lowest BCUT2D eigenvalue weighted by atomic mass is 10.0. The molecule has 2 N–H and O–H groups in total. The van der Waals surface area contributed by atoms with Gasteiger partial charge in [-0.05, 0) is 16.7 Å². The Morgan fingerprint density at radius 3 is 2.11 bits per heavy atom. The van der Waals surface area contributed by atoms with Crippen molar-refractivity contribution in [2.24, 2.45) is 16.7 Å². The molecule has 1 fully saturated rings. The van der Waals surface area contributed by atoms with E-state index >= 15 is 0 Å². The lowest BCUT2D eigenvalue weighted by Gasteiger charge is -2.17. The van der Waals surface area contributed by atoms with Crippen molar-refractivity contribution < 1.29 is 14.7 Å². The predicted molar refractivity (Wildman–Crippen MR) is 69.3 cm³/mol. The number of urea groups is 1. The van der Waals surface area contributed by atoms with E-state index < -0.39 is 5.97 Å². The first kappa shape index (κ1) is 14.8. The molecule has 1 aliphatic carbocycles. The quantitative estimate of drug-likeness (QED) is 0.787. The van der Waals surface area contributed by atoms with E-state index in [9.17, 15) is 9.59 Å². The van der Waals surface area contributed by atoms with Gasteiger partial charge in [0.1, 0.15) is 0 Å². The average Bonchev–Trinajstić information content (AvgIpc) is 2.63. The van der Waals surface area contributed by atoms with Crippen molar-refractivity contribution in [3.63, 3.8) is 0 Å². The van der Waals surface area contributed by atoms with Gasteiger partial charge in [-0.2, -0.15) is 0 Å². The molecule has 18 heavy (non-hydrogen) atoms. The lowest BCUT2D eigenvalue weighted by Crippen LogP contribution is -2.39. The first-order chi connectivity index (χ1) is 8.10. The Kier molecular flexibility index (Phi) is 3.93. The zero-order valence-electron chi connectivity index (χ0n) is 11.9. The number of amides is 2. The second kappa shape index (κ2) is 4.78. The van der Waals surface area contributed by atoms with E-state index in [0.29, 0.717) is 12.5 Å². The van der Waals surface area contributed by atoms with E-state index in [1.807, 2.05) is 0 Å². The number of carboxylic acid groups (broad SMARTS) is 1. The van der Waals surface area contributed by atoms with Crippen LogP contribution >= 0.6 is 0 Å². The van der Waals surface area contributed by atoms with E-state index in [4.69, 9.17) is 5.11 Å². The van der Waals surface area contributed by atoms with Crippen molar-refractivity contribution in [1.82, 2.24) is 10.2 Å². The molecule has 0 unspecified atom stereocenters. The van der Waals surface area contributed by atoms with Gasteiger partial charge in [0.05, 0.1) is 6.42 Å². The molecule has 0 spiro atoms. The van der Waals surface area contributed by atoms with Crippen molar-refractivity contribution in [2.45, 2.75) is 34.1 Å².